The van der Waals surface area contributed by atoms with Crippen molar-refractivity contribution in [2.24, 2.45) is 0 Å². The van der Waals surface area contributed by atoms with E-state index in [0.29, 0.717) is 0 Å². The Morgan fingerprint density at radius 1 is 1.10 bits per heavy atom. The van der Waals surface area contributed by atoms with Gasteiger partial charge in [0, 0.05) is 17.6 Å². The molecule has 0 aliphatic heterocycles. The molecule has 0 aliphatic carbocycles. The smallest absolute Gasteiger partial charge is 0.0244 e. The highest BCUT2D eigenvalue weighted by molar-refractivity contribution is 9.10. The van der Waals surface area contributed by atoms with Gasteiger partial charge in [0.2, 0.25) is 0 Å². The first kappa shape index (κ1) is 17.7. The van der Waals surface area contributed by atoms with Gasteiger partial charge in [0.05, 0.1) is 0 Å². The summed E-state index contributed by atoms with van der Waals surface area (Å²) in [6, 6.07) is 6.74. The van der Waals surface area contributed by atoms with Gasteiger partial charge in [-0.2, -0.15) is 0 Å². The molecule has 114 valence electrons. The third-order valence-electron chi connectivity index (χ3n) is 3.55. The lowest BCUT2D eigenvalue weighted by Crippen LogP contribution is -2.25. The highest BCUT2D eigenvalue weighted by Crippen LogP contribution is 2.21. The molecule has 0 saturated carbocycles. The van der Waals surface area contributed by atoms with Crippen LogP contribution in [0.1, 0.15) is 50.7 Å². The van der Waals surface area contributed by atoms with Gasteiger partial charge >= 0.3 is 0 Å². The molecule has 0 aliphatic rings. The molecule has 3 heteroatoms. The number of rotatable bonds is 10. The van der Waals surface area contributed by atoms with E-state index in [1.54, 1.807) is 0 Å². The molecule has 1 N–H and O–H groups in total. The van der Waals surface area contributed by atoms with E-state index in [2.05, 4.69) is 58.2 Å². The fourth-order valence-electron chi connectivity index (χ4n) is 2.31. The summed E-state index contributed by atoms with van der Waals surface area (Å²) in [6.45, 7) is 8.93. The Kier molecular flexibility index (Phi) is 9.16. The van der Waals surface area contributed by atoms with Gasteiger partial charge in [-0.25, -0.2) is 0 Å². The third-order valence-corrected chi connectivity index (χ3v) is 4.29. The molecule has 0 aromatic heterocycles. The molecule has 0 atom stereocenters. The normalized spacial score (nSPS) is 11.2. The summed E-state index contributed by atoms with van der Waals surface area (Å²) >= 11 is 3.73. The Labute approximate surface area is 133 Å². The van der Waals surface area contributed by atoms with Gasteiger partial charge in [-0.05, 0) is 50.2 Å². The van der Waals surface area contributed by atoms with Crippen molar-refractivity contribution in [3.8, 4) is 0 Å². The van der Waals surface area contributed by atoms with Crippen LogP contribution in [0.25, 0.3) is 0 Å². The minimum Gasteiger partial charge on any atom is -0.316 e. The van der Waals surface area contributed by atoms with Gasteiger partial charge < -0.3 is 5.32 Å². The molecule has 0 fully saturated rings. The monoisotopic (exact) mass is 340 g/mol. The van der Waals surface area contributed by atoms with E-state index in [1.807, 2.05) is 7.05 Å². The van der Waals surface area contributed by atoms with Crippen molar-refractivity contribution in [1.29, 1.82) is 0 Å². The molecule has 0 saturated heterocycles. The lowest BCUT2D eigenvalue weighted by atomic mass is 10.1. The molecule has 0 spiro atoms. The molecule has 2 nitrogen and oxygen atoms in total. The summed E-state index contributed by atoms with van der Waals surface area (Å²) < 4.78 is 1.24. The van der Waals surface area contributed by atoms with Crippen LogP contribution in [0.5, 0.6) is 0 Å². The molecule has 1 aromatic rings. The van der Waals surface area contributed by atoms with Crippen LogP contribution in [-0.4, -0.2) is 25.0 Å². The van der Waals surface area contributed by atoms with Crippen LogP contribution in [-0.2, 0) is 13.1 Å². The van der Waals surface area contributed by atoms with Crippen LogP contribution < -0.4 is 5.32 Å². The summed E-state index contributed by atoms with van der Waals surface area (Å²) in [4.78, 5) is 2.59. The maximum absolute atomic E-state index is 3.73. The van der Waals surface area contributed by atoms with Crippen LogP contribution in [0, 0.1) is 0 Å². The predicted molar refractivity (Wildman–Crippen MR) is 92.0 cm³/mol. The van der Waals surface area contributed by atoms with Crippen molar-refractivity contribution in [2.45, 2.75) is 52.6 Å². The number of benzene rings is 1. The number of halogens is 1. The van der Waals surface area contributed by atoms with E-state index in [0.717, 1.165) is 13.1 Å². The molecule has 0 bridgehead atoms. The molecule has 0 heterocycles. The van der Waals surface area contributed by atoms with Gasteiger partial charge in [0.15, 0.2) is 0 Å². The van der Waals surface area contributed by atoms with Gasteiger partial charge in [0.1, 0.15) is 0 Å². The fourth-order valence-corrected chi connectivity index (χ4v) is 2.86. The predicted octanol–water partition coefficient (Wildman–Crippen LogP) is 4.57. The third kappa shape index (κ3) is 6.38. The summed E-state index contributed by atoms with van der Waals surface area (Å²) in [5.74, 6) is 0. The highest BCUT2D eigenvalue weighted by atomic mass is 79.9. The molecule has 0 amide bonds. The Morgan fingerprint density at radius 3 is 2.25 bits per heavy atom. The first-order chi connectivity index (χ1) is 9.71. The molecular weight excluding hydrogens is 312 g/mol. The second-order valence-corrected chi connectivity index (χ2v) is 6.29. The maximum Gasteiger partial charge on any atom is 0.0244 e. The zero-order chi connectivity index (χ0) is 14.8. The van der Waals surface area contributed by atoms with Crippen LogP contribution in [0.3, 0.4) is 0 Å². The largest absolute Gasteiger partial charge is 0.316 e. The Hall–Kier alpha value is -0.380. The van der Waals surface area contributed by atoms with Crippen LogP contribution in [0.2, 0.25) is 0 Å². The summed E-state index contributed by atoms with van der Waals surface area (Å²) in [5.41, 5.74) is 2.73. The van der Waals surface area contributed by atoms with E-state index in [-0.39, 0.29) is 0 Å². The van der Waals surface area contributed by atoms with Crippen molar-refractivity contribution < 1.29 is 0 Å². The Balaban J connectivity index is 2.66. The zero-order valence-electron chi connectivity index (χ0n) is 13.2. The summed E-state index contributed by atoms with van der Waals surface area (Å²) in [5, 5.41) is 3.20. The molecule has 1 aromatic carbocycles. The Bertz CT molecular complexity index is 371. The lowest BCUT2D eigenvalue weighted by molar-refractivity contribution is 0.256. The molecule has 0 unspecified atom stereocenters. The molecule has 0 radical (unpaired) electrons. The van der Waals surface area contributed by atoms with Gasteiger partial charge in [-0.15, -0.1) is 0 Å². The van der Waals surface area contributed by atoms with Gasteiger partial charge in [0.25, 0.3) is 0 Å². The highest BCUT2D eigenvalue weighted by Gasteiger charge is 2.08. The molecule has 20 heavy (non-hydrogen) atoms. The van der Waals surface area contributed by atoms with Crippen molar-refractivity contribution in [3.63, 3.8) is 0 Å². The minimum absolute atomic E-state index is 0.925. The second-order valence-electron chi connectivity index (χ2n) is 5.44. The van der Waals surface area contributed by atoms with E-state index in [4.69, 9.17) is 0 Å². The standard InChI is InChI=1S/C17H29BrN2/c1-4-6-10-20(11-7-5-2)14-16-9-8-15(13-19-3)12-17(16)18/h8-9,12,19H,4-7,10-11,13-14H2,1-3H3. The van der Waals surface area contributed by atoms with Crippen molar-refractivity contribution in [1.82, 2.24) is 10.2 Å². The lowest BCUT2D eigenvalue weighted by Gasteiger charge is -2.23. The van der Waals surface area contributed by atoms with E-state index in [9.17, 15) is 0 Å². The average molecular weight is 341 g/mol. The number of nitrogens with zero attached hydrogens (tertiary/aromatic N) is 1. The van der Waals surface area contributed by atoms with Crippen molar-refractivity contribution >= 4 is 15.9 Å². The first-order valence-corrected chi connectivity index (χ1v) is 8.64. The van der Waals surface area contributed by atoms with Crippen LogP contribution >= 0.6 is 15.9 Å². The topological polar surface area (TPSA) is 15.3 Å². The molecular formula is C17H29BrN2. The van der Waals surface area contributed by atoms with Gasteiger partial charge in [-0.1, -0.05) is 54.8 Å². The average Bonchev–Trinajstić information content (AvgIpc) is 2.44. The number of unbranched alkanes of at least 4 members (excludes halogenated alkanes) is 2. The van der Waals surface area contributed by atoms with E-state index in [1.165, 1.54) is 54.4 Å². The van der Waals surface area contributed by atoms with Gasteiger partial charge in [-0.3, -0.25) is 4.90 Å². The van der Waals surface area contributed by atoms with E-state index >= 15 is 0 Å². The number of hydrogen-bond acceptors (Lipinski definition) is 2. The van der Waals surface area contributed by atoms with E-state index < -0.39 is 0 Å². The van der Waals surface area contributed by atoms with Crippen molar-refractivity contribution in [3.05, 3.63) is 33.8 Å². The van der Waals surface area contributed by atoms with Crippen molar-refractivity contribution in [2.75, 3.05) is 20.1 Å². The summed E-state index contributed by atoms with van der Waals surface area (Å²) in [7, 11) is 1.99. The molecule has 1 rings (SSSR count). The fraction of sp³-hybridized carbons (Fsp3) is 0.647. The van der Waals surface area contributed by atoms with Crippen LogP contribution in [0.4, 0.5) is 0 Å². The SMILES string of the molecule is CCCCN(CCCC)Cc1ccc(CNC)cc1Br. The minimum atomic E-state index is 0.925. The second kappa shape index (κ2) is 10.4. The number of hydrogen-bond donors (Lipinski definition) is 1. The maximum atomic E-state index is 3.73. The summed E-state index contributed by atoms with van der Waals surface area (Å²) in [6.07, 6.45) is 5.12. The first-order valence-electron chi connectivity index (χ1n) is 7.85. The quantitative estimate of drug-likeness (QED) is 0.671. The number of nitrogens with one attached hydrogen (secondary N) is 1. The van der Waals surface area contributed by atoms with Crippen LogP contribution in [0.15, 0.2) is 22.7 Å². The Morgan fingerprint density at radius 2 is 1.75 bits per heavy atom. The zero-order valence-corrected chi connectivity index (χ0v) is 14.8.